The van der Waals surface area contributed by atoms with Crippen LogP contribution < -0.4 is 16.4 Å². The van der Waals surface area contributed by atoms with Crippen LogP contribution in [0.4, 0.5) is 17.1 Å². The number of anilines is 3. The van der Waals surface area contributed by atoms with Crippen LogP contribution in [-0.4, -0.2) is 23.7 Å². The zero-order valence-corrected chi connectivity index (χ0v) is 10.8. The lowest BCUT2D eigenvalue weighted by Crippen LogP contribution is -2.23. The van der Waals surface area contributed by atoms with Crippen LogP contribution in [0.1, 0.15) is 24.8 Å². The molecule has 0 radical (unpaired) electrons. The molecule has 1 aliphatic heterocycles. The van der Waals surface area contributed by atoms with Gasteiger partial charge in [-0.25, -0.2) is 0 Å². The van der Waals surface area contributed by atoms with Gasteiger partial charge < -0.3 is 21.5 Å². The molecule has 1 unspecified atom stereocenters. The predicted molar refractivity (Wildman–Crippen MR) is 75.0 cm³/mol. The Balaban J connectivity index is 1.73. The van der Waals surface area contributed by atoms with Crippen molar-refractivity contribution in [1.82, 2.24) is 0 Å². The number of nitrogens with two attached hydrogens (primary N) is 1. The van der Waals surface area contributed by atoms with E-state index in [-0.39, 0.29) is 12.0 Å². The zero-order valence-electron chi connectivity index (χ0n) is 10.8. The lowest BCUT2D eigenvalue weighted by atomic mass is 10.0. The van der Waals surface area contributed by atoms with E-state index in [9.17, 15) is 9.90 Å². The van der Waals surface area contributed by atoms with Crippen molar-refractivity contribution in [3.63, 3.8) is 0 Å². The molecule has 1 aliphatic carbocycles. The van der Waals surface area contributed by atoms with Gasteiger partial charge in [-0.05, 0) is 42.9 Å². The second-order valence-corrected chi connectivity index (χ2v) is 5.43. The summed E-state index contributed by atoms with van der Waals surface area (Å²) in [6, 6.07) is 3.77. The fourth-order valence-corrected chi connectivity index (χ4v) is 2.46. The van der Waals surface area contributed by atoms with E-state index in [1.54, 1.807) is 0 Å². The van der Waals surface area contributed by atoms with Crippen molar-refractivity contribution in [2.24, 2.45) is 5.92 Å². The first-order valence-corrected chi connectivity index (χ1v) is 6.77. The van der Waals surface area contributed by atoms with Crippen LogP contribution in [-0.2, 0) is 11.2 Å². The molecule has 5 nitrogen and oxygen atoms in total. The standard InChI is InChI=1S/C14H19N3O2/c15-10-5-9-3-4-14(19)17-11(9)6-12(10)16-7-13(18)8-1-2-8/h5-6,8,13,16,18H,1-4,7,15H2,(H,17,19). The highest BCUT2D eigenvalue weighted by Gasteiger charge is 2.29. The minimum atomic E-state index is -0.315. The number of amides is 1. The first-order chi connectivity index (χ1) is 9.13. The Hall–Kier alpha value is -1.75. The third-order valence-corrected chi connectivity index (χ3v) is 3.84. The number of hydrogen-bond donors (Lipinski definition) is 4. The second-order valence-electron chi connectivity index (χ2n) is 5.43. The second kappa shape index (κ2) is 4.74. The van der Waals surface area contributed by atoms with Gasteiger partial charge in [-0.1, -0.05) is 0 Å². The minimum absolute atomic E-state index is 0.0428. The number of aryl methyl sites for hydroxylation is 1. The molecule has 1 aromatic rings. The smallest absolute Gasteiger partial charge is 0.224 e. The number of carbonyl (C=O) groups excluding carboxylic acids is 1. The van der Waals surface area contributed by atoms with Gasteiger partial charge in [-0.15, -0.1) is 0 Å². The molecule has 2 aliphatic rings. The third-order valence-electron chi connectivity index (χ3n) is 3.84. The highest BCUT2D eigenvalue weighted by Crippen LogP contribution is 2.34. The van der Waals surface area contributed by atoms with Crippen molar-refractivity contribution in [1.29, 1.82) is 0 Å². The summed E-state index contributed by atoms with van der Waals surface area (Å²) >= 11 is 0. The molecule has 1 aromatic carbocycles. The Bertz CT molecular complexity index is 512. The van der Waals surface area contributed by atoms with E-state index in [1.807, 2.05) is 12.1 Å². The minimum Gasteiger partial charge on any atom is -0.397 e. The van der Waals surface area contributed by atoms with Crippen molar-refractivity contribution in [2.45, 2.75) is 31.8 Å². The SMILES string of the molecule is Nc1cc2c(cc1NCC(O)C1CC1)NC(=O)CC2. The van der Waals surface area contributed by atoms with Gasteiger partial charge in [0, 0.05) is 18.7 Å². The fraction of sp³-hybridized carbons (Fsp3) is 0.500. The van der Waals surface area contributed by atoms with Crippen LogP contribution in [0.2, 0.25) is 0 Å². The van der Waals surface area contributed by atoms with Gasteiger partial charge in [0.15, 0.2) is 0 Å². The van der Waals surface area contributed by atoms with Crippen LogP contribution in [0.15, 0.2) is 12.1 Å². The largest absolute Gasteiger partial charge is 0.397 e. The molecular weight excluding hydrogens is 242 g/mol. The molecule has 1 heterocycles. The average Bonchev–Trinajstić information content (AvgIpc) is 3.20. The molecule has 0 bridgehead atoms. The highest BCUT2D eigenvalue weighted by molar-refractivity contribution is 5.95. The van der Waals surface area contributed by atoms with E-state index >= 15 is 0 Å². The number of hydrogen-bond acceptors (Lipinski definition) is 4. The van der Waals surface area contributed by atoms with Crippen LogP contribution in [0, 0.1) is 5.92 Å². The van der Waals surface area contributed by atoms with Gasteiger partial charge in [-0.3, -0.25) is 4.79 Å². The van der Waals surface area contributed by atoms with Crippen molar-refractivity contribution in [3.05, 3.63) is 17.7 Å². The number of rotatable bonds is 4. The molecule has 5 N–H and O–H groups in total. The normalized spacial score (nSPS) is 19.5. The Morgan fingerprint density at radius 3 is 2.95 bits per heavy atom. The summed E-state index contributed by atoms with van der Waals surface area (Å²) in [5.41, 5.74) is 9.35. The van der Waals surface area contributed by atoms with E-state index in [0.29, 0.717) is 24.6 Å². The van der Waals surface area contributed by atoms with E-state index in [1.165, 1.54) is 0 Å². The average molecular weight is 261 g/mol. The molecule has 19 heavy (non-hydrogen) atoms. The van der Waals surface area contributed by atoms with Crippen molar-refractivity contribution in [2.75, 3.05) is 22.9 Å². The summed E-state index contributed by atoms with van der Waals surface area (Å²) in [4.78, 5) is 11.4. The summed E-state index contributed by atoms with van der Waals surface area (Å²) < 4.78 is 0. The molecule has 0 spiro atoms. The maximum absolute atomic E-state index is 11.4. The summed E-state index contributed by atoms with van der Waals surface area (Å²) in [7, 11) is 0. The highest BCUT2D eigenvalue weighted by atomic mass is 16.3. The van der Waals surface area contributed by atoms with Gasteiger partial charge in [-0.2, -0.15) is 0 Å². The first-order valence-electron chi connectivity index (χ1n) is 6.77. The number of aliphatic hydroxyl groups is 1. The predicted octanol–water partition coefficient (Wildman–Crippen LogP) is 1.34. The molecule has 0 saturated heterocycles. The Morgan fingerprint density at radius 2 is 2.21 bits per heavy atom. The van der Waals surface area contributed by atoms with Crippen LogP contribution in [0.25, 0.3) is 0 Å². The van der Waals surface area contributed by atoms with Gasteiger partial charge in [0.2, 0.25) is 5.91 Å². The number of nitrogen functional groups attached to an aromatic ring is 1. The van der Waals surface area contributed by atoms with Crippen LogP contribution in [0.3, 0.4) is 0 Å². The van der Waals surface area contributed by atoms with Gasteiger partial charge in [0.25, 0.3) is 0 Å². The Morgan fingerprint density at radius 1 is 1.42 bits per heavy atom. The van der Waals surface area contributed by atoms with Crippen LogP contribution in [0.5, 0.6) is 0 Å². The van der Waals surface area contributed by atoms with Crippen molar-refractivity contribution in [3.8, 4) is 0 Å². The van der Waals surface area contributed by atoms with E-state index in [4.69, 9.17) is 5.73 Å². The summed E-state index contributed by atoms with van der Waals surface area (Å²) in [6.07, 6.45) is 3.15. The third kappa shape index (κ3) is 2.66. The molecule has 5 heteroatoms. The zero-order chi connectivity index (χ0) is 13.4. The van der Waals surface area contributed by atoms with Gasteiger partial charge >= 0.3 is 0 Å². The molecule has 1 saturated carbocycles. The molecular formula is C14H19N3O2. The van der Waals surface area contributed by atoms with Gasteiger partial charge in [0.05, 0.1) is 17.5 Å². The quantitative estimate of drug-likeness (QED) is 0.616. The van der Waals surface area contributed by atoms with E-state index < -0.39 is 0 Å². The topological polar surface area (TPSA) is 87.4 Å². The molecule has 3 rings (SSSR count). The fourth-order valence-electron chi connectivity index (χ4n) is 2.46. The number of aliphatic hydroxyl groups excluding tert-OH is 1. The summed E-state index contributed by atoms with van der Waals surface area (Å²) in [5, 5.41) is 15.9. The number of fused-ring (bicyclic) bond motifs is 1. The van der Waals surface area contributed by atoms with E-state index in [0.717, 1.165) is 36.2 Å². The maximum Gasteiger partial charge on any atom is 0.224 e. The summed E-state index contributed by atoms with van der Waals surface area (Å²) in [5.74, 6) is 0.479. The lowest BCUT2D eigenvalue weighted by Gasteiger charge is -2.20. The van der Waals surface area contributed by atoms with Crippen molar-refractivity contribution >= 4 is 23.0 Å². The molecule has 0 aromatic heterocycles. The Labute approximate surface area is 112 Å². The number of benzene rings is 1. The van der Waals surface area contributed by atoms with Crippen LogP contribution >= 0.6 is 0 Å². The molecule has 1 fully saturated rings. The lowest BCUT2D eigenvalue weighted by molar-refractivity contribution is -0.116. The molecule has 102 valence electrons. The van der Waals surface area contributed by atoms with Gasteiger partial charge in [0.1, 0.15) is 0 Å². The molecule has 1 atom stereocenters. The van der Waals surface area contributed by atoms with Crippen molar-refractivity contribution < 1.29 is 9.90 Å². The summed E-state index contributed by atoms with van der Waals surface area (Å²) in [6.45, 7) is 0.502. The Kier molecular flexibility index (Phi) is 3.06. The first kappa shape index (κ1) is 12.3. The molecule has 1 amide bonds. The number of carbonyl (C=O) groups is 1. The number of nitrogens with one attached hydrogen (secondary N) is 2. The monoisotopic (exact) mass is 261 g/mol. The maximum atomic E-state index is 11.4. The van der Waals surface area contributed by atoms with E-state index in [2.05, 4.69) is 10.6 Å².